The molecule has 0 aliphatic carbocycles. The molecule has 0 aromatic heterocycles. The van der Waals surface area contributed by atoms with E-state index in [9.17, 15) is 24.3 Å². The minimum atomic E-state index is -1.39. The molecule has 4 atom stereocenters. The van der Waals surface area contributed by atoms with Gasteiger partial charge in [0.15, 0.2) is 11.5 Å². The van der Waals surface area contributed by atoms with Crippen LogP contribution in [0.4, 0.5) is 4.79 Å². The number of ether oxygens (including phenoxy) is 4. The number of hydrogen-bond acceptors (Lipinski definition) is 9. The van der Waals surface area contributed by atoms with Crippen LogP contribution in [-0.2, 0) is 23.9 Å². The van der Waals surface area contributed by atoms with Crippen molar-refractivity contribution in [1.82, 2.24) is 0 Å². The Morgan fingerprint density at radius 2 is 1.41 bits per heavy atom. The molecule has 1 aromatic rings. The first-order chi connectivity index (χ1) is 18.8. The highest BCUT2D eigenvalue weighted by Crippen LogP contribution is 2.38. The minimum absolute atomic E-state index is 0.0283. The zero-order chi connectivity index (χ0) is 31.5. The van der Waals surface area contributed by atoms with Gasteiger partial charge in [-0.25, -0.2) is 4.79 Å². The normalized spacial score (nSPS) is 14.8. The predicted octanol–water partition coefficient (Wildman–Crippen LogP) is 6.23. The lowest BCUT2D eigenvalue weighted by atomic mass is 9.79. The van der Waals surface area contributed by atoms with Gasteiger partial charge in [0.05, 0.1) is 19.4 Å². The van der Waals surface area contributed by atoms with Crippen LogP contribution in [0.1, 0.15) is 106 Å². The van der Waals surface area contributed by atoms with Crippen LogP contribution in [0.25, 0.3) is 0 Å². The first-order valence-electron chi connectivity index (χ1n) is 14.2. The standard InChI is InChI=1S/C31H49NO9/c1-10-11-12-15-38-29(37)39-20(3)19(2)26(27(32)28(35)36)21-13-14-22(40-24(33)17-30(4,5)6)23(16-21)41-25(34)18-31(7,8)9/h13-14,16,19-20,26-27H,10-12,15,17-18,32H2,1-9H3,(H,35,36)/t19?,20?,26?,27-/m0/s1. The molecule has 1 rings (SSSR count). The van der Waals surface area contributed by atoms with Gasteiger partial charge in [-0.1, -0.05) is 74.3 Å². The maximum atomic E-state index is 12.8. The number of carbonyl (C=O) groups excluding carboxylic acids is 3. The van der Waals surface area contributed by atoms with E-state index in [2.05, 4.69) is 0 Å². The molecule has 232 valence electrons. The van der Waals surface area contributed by atoms with E-state index in [1.807, 2.05) is 48.5 Å². The SMILES string of the molecule is CCCCCOC(=O)OC(C)C(C)C(c1ccc(OC(=O)CC(C)(C)C)c(OC(=O)CC(C)(C)C)c1)[C@H](N)C(=O)O. The number of carboxylic acid groups (broad SMARTS) is 1. The Kier molecular flexibility index (Phi) is 13.8. The molecule has 3 N–H and O–H groups in total. The predicted molar refractivity (Wildman–Crippen MR) is 155 cm³/mol. The lowest BCUT2D eigenvalue weighted by Crippen LogP contribution is -2.42. The highest BCUT2D eigenvalue weighted by atomic mass is 16.7. The number of nitrogens with two attached hydrogens (primary N) is 1. The van der Waals surface area contributed by atoms with E-state index in [0.717, 1.165) is 12.8 Å². The summed E-state index contributed by atoms with van der Waals surface area (Å²) < 4.78 is 21.8. The fourth-order valence-corrected chi connectivity index (χ4v) is 4.16. The van der Waals surface area contributed by atoms with Gasteiger partial charge in [-0.05, 0) is 41.9 Å². The van der Waals surface area contributed by atoms with E-state index in [-0.39, 0.29) is 41.8 Å². The molecule has 10 nitrogen and oxygen atoms in total. The second-order valence-corrected chi connectivity index (χ2v) is 13.0. The van der Waals surface area contributed by atoms with Crippen LogP contribution in [0.3, 0.4) is 0 Å². The van der Waals surface area contributed by atoms with Crippen LogP contribution in [0.15, 0.2) is 18.2 Å². The Balaban J connectivity index is 3.39. The van der Waals surface area contributed by atoms with Gasteiger partial charge < -0.3 is 29.8 Å². The van der Waals surface area contributed by atoms with Gasteiger partial charge >= 0.3 is 24.1 Å². The van der Waals surface area contributed by atoms with Gasteiger partial charge in [0.25, 0.3) is 0 Å². The molecule has 0 radical (unpaired) electrons. The van der Waals surface area contributed by atoms with Crippen LogP contribution in [0.5, 0.6) is 11.5 Å². The molecule has 0 fully saturated rings. The molecule has 0 bridgehead atoms. The maximum Gasteiger partial charge on any atom is 0.508 e. The molecule has 0 heterocycles. The second-order valence-electron chi connectivity index (χ2n) is 13.0. The Labute approximate surface area is 244 Å². The summed E-state index contributed by atoms with van der Waals surface area (Å²) in [7, 11) is 0. The van der Waals surface area contributed by atoms with Crippen molar-refractivity contribution in [1.29, 1.82) is 0 Å². The first-order valence-corrected chi connectivity index (χ1v) is 14.2. The molecule has 0 aliphatic rings. The molecule has 0 saturated heterocycles. The number of unbranched alkanes of at least 4 members (excludes halogenated alkanes) is 2. The Morgan fingerprint density at radius 1 is 0.878 bits per heavy atom. The molecular weight excluding hydrogens is 530 g/mol. The third kappa shape index (κ3) is 13.4. The summed E-state index contributed by atoms with van der Waals surface area (Å²) in [6, 6.07) is 3.10. The molecular formula is C31H49NO9. The quantitative estimate of drug-likeness (QED) is 0.147. The summed E-state index contributed by atoms with van der Waals surface area (Å²) in [6.07, 6.45) is 1.21. The average molecular weight is 580 g/mol. The number of aliphatic carboxylic acids is 1. The number of benzene rings is 1. The van der Waals surface area contributed by atoms with Gasteiger partial charge in [0.1, 0.15) is 12.1 Å². The van der Waals surface area contributed by atoms with Crippen molar-refractivity contribution in [2.75, 3.05) is 6.61 Å². The van der Waals surface area contributed by atoms with Gasteiger partial charge in [-0.3, -0.25) is 14.4 Å². The summed E-state index contributed by atoms with van der Waals surface area (Å²) >= 11 is 0. The monoisotopic (exact) mass is 579 g/mol. The zero-order valence-corrected chi connectivity index (χ0v) is 26.1. The minimum Gasteiger partial charge on any atom is -0.480 e. The molecule has 0 aliphatic heterocycles. The van der Waals surface area contributed by atoms with Crippen molar-refractivity contribution in [2.24, 2.45) is 22.5 Å². The number of rotatable bonds is 14. The number of carbonyl (C=O) groups is 4. The van der Waals surface area contributed by atoms with E-state index in [4.69, 9.17) is 24.7 Å². The third-order valence-electron chi connectivity index (χ3n) is 6.38. The third-order valence-corrected chi connectivity index (χ3v) is 6.38. The van der Waals surface area contributed by atoms with E-state index in [1.165, 1.54) is 12.1 Å². The van der Waals surface area contributed by atoms with Gasteiger partial charge in [0.2, 0.25) is 0 Å². The Bertz CT molecular complexity index is 1040. The van der Waals surface area contributed by atoms with E-state index < -0.39 is 48.0 Å². The summed E-state index contributed by atoms with van der Waals surface area (Å²) in [6.45, 7) is 16.9. The van der Waals surface area contributed by atoms with Crippen molar-refractivity contribution in [2.45, 2.75) is 112 Å². The molecule has 0 saturated carbocycles. The average Bonchev–Trinajstić information content (AvgIpc) is 2.80. The smallest absolute Gasteiger partial charge is 0.480 e. The number of hydrogen-bond donors (Lipinski definition) is 2. The molecule has 0 spiro atoms. The zero-order valence-electron chi connectivity index (χ0n) is 26.1. The van der Waals surface area contributed by atoms with E-state index in [1.54, 1.807) is 19.9 Å². The van der Waals surface area contributed by atoms with Crippen molar-refractivity contribution in [3.63, 3.8) is 0 Å². The maximum absolute atomic E-state index is 12.8. The van der Waals surface area contributed by atoms with E-state index >= 15 is 0 Å². The fourth-order valence-electron chi connectivity index (χ4n) is 4.16. The second kappa shape index (κ2) is 15.7. The van der Waals surface area contributed by atoms with Crippen molar-refractivity contribution in [3.8, 4) is 11.5 Å². The topological polar surface area (TPSA) is 151 Å². The van der Waals surface area contributed by atoms with Gasteiger partial charge in [0, 0.05) is 11.8 Å². The Hall–Kier alpha value is -3.14. The number of carboxylic acids is 1. The summed E-state index contributed by atoms with van der Waals surface area (Å²) in [5, 5.41) is 9.80. The van der Waals surface area contributed by atoms with Crippen LogP contribution in [-0.4, -0.2) is 47.9 Å². The van der Waals surface area contributed by atoms with Crippen molar-refractivity contribution in [3.05, 3.63) is 23.8 Å². The molecule has 0 amide bonds. The molecule has 1 aromatic carbocycles. The fraction of sp³-hybridized carbons (Fsp3) is 0.677. The number of esters is 2. The largest absolute Gasteiger partial charge is 0.508 e. The van der Waals surface area contributed by atoms with Gasteiger partial charge in [-0.2, -0.15) is 0 Å². The molecule has 41 heavy (non-hydrogen) atoms. The highest BCUT2D eigenvalue weighted by molar-refractivity contribution is 5.78. The lowest BCUT2D eigenvalue weighted by Gasteiger charge is -2.31. The summed E-state index contributed by atoms with van der Waals surface area (Å²) in [4.78, 5) is 49.6. The van der Waals surface area contributed by atoms with Crippen LogP contribution in [0, 0.1) is 16.7 Å². The highest BCUT2D eigenvalue weighted by Gasteiger charge is 2.36. The summed E-state index contributed by atoms with van der Waals surface area (Å²) in [5.41, 5.74) is 5.85. The molecule has 3 unspecified atom stereocenters. The molecule has 10 heteroatoms. The van der Waals surface area contributed by atoms with Gasteiger partial charge in [-0.15, -0.1) is 0 Å². The van der Waals surface area contributed by atoms with Crippen molar-refractivity contribution >= 4 is 24.1 Å². The Morgan fingerprint density at radius 3 is 1.90 bits per heavy atom. The van der Waals surface area contributed by atoms with Crippen molar-refractivity contribution < 1.29 is 43.2 Å². The van der Waals surface area contributed by atoms with Crippen LogP contribution < -0.4 is 15.2 Å². The first kappa shape index (κ1) is 35.9. The van der Waals surface area contributed by atoms with E-state index in [0.29, 0.717) is 12.0 Å². The van der Waals surface area contributed by atoms with Crippen LogP contribution >= 0.6 is 0 Å². The van der Waals surface area contributed by atoms with Crippen LogP contribution in [0.2, 0.25) is 0 Å². The summed E-state index contributed by atoms with van der Waals surface area (Å²) in [5.74, 6) is -3.77. The lowest BCUT2D eigenvalue weighted by molar-refractivity contribution is -0.140.